The third kappa shape index (κ3) is 6.74. The maximum atomic E-state index is 13.8. The number of carbonyl (C=O) groups excluding carboxylic acids is 2. The van der Waals surface area contributed by atoms with Crippen molar-refractivity contribution in [2.45, 2.75) is 44.0 Å². The molecule has 9 nitrogen and oxygen atoms in total. The fraction of sp³-hybridized carbons (Fsp3) is 0.333. The van der Waals surface area contributed by atoms with Crippen LogP contribution in [0, 0.1) is 19.7 Å². The molecule has 0 aliphatic rings. The second-order valence-electron chi connectivity index (χ2n) is 7.38. The number of nitrogens with one attached hydrogen (secondary N) is 3. The highest BCUT2D eigenvalue weighted by molar-refractivity contribution is 7.89. The lowest BCUT2D eigenvalue weighted by Crippen LogP contribution is -2.38. The molecule has 0 aliphatic heterocycles. The first-order valence-electron chi connectivity index (χ1n) is 9.92. The molecule has 2 rings (SSSR count). The van der Waals surface area contributed by atoms with Gasteiger partial charge in [0.1, 0.15) is 11.9 Å². The minimum absolute atomic E-state index is 0.00347. The van der Waals surface area contributed by atoms with Gasteiger partial charge in [-0.15, -0.1) is 0 Å². The summed E-state index contributed by atoms with van der Waals surface area (Å²) in [4.78, 5) is 23.1. The molecule has 0 spiro atoms. The predicted molar refractivity (Wildman–Crippen MR) is 117 cm³/mol. The smallest absolute Gasteiger partial charge is 0.265 e. The minimum atomic E-state index is -3.76. The van der Waals surface area contributed by atoms with E-state index in [1.54, 1.807) is 31.5 Å². The number of carbonyl (C=O) groups is 2. The lowest BCUT2D eigenvalue weighted by molar-refractivity contribution is -0.130. The topological polar surface area (TPSA) is 151 Å². The number of sulfonamides is 1. The number of anilines is 1. The van der Waals surface area contributed by atoms with Crippen molar-refractivity contribution in [1.29, 1.82) is 0 Å². The zero-order valence-corrected chi connectivity index (χ0v) is 18.6. The van der Waals surface area contributed by atoms with E-state index in [1.807, 2.05) is 0 Å². The van der Waals surface area contributed by atoms with Crippen LogP contribution in [0.15, 0.2) is 41.3 Å². The van der Waals surface area contributed by atoms with Crippen LogP contribution >= 0.6 is 0 Å². The van der Waals surface area contributed by atoms with Crippen LogP contribution in [0.4, 0.5) is 10.1 Å². The Labute approximate surface area is 186 Å². The largest absolute Gasteiger partial charge is 0.374 e. The van der Waals surface area contributed by atoms with Crippen molar-refractivity contribution in [3.63, 3.8) is 0 Å². The number of unbranched alkanes of at least 4 members (excludes halogenated alkanes) is 1. The fourth-order valence-electron chi connectivity index (χ4n) is 3.14. The number of hydroxylamine groups is 1. The molecule has 1 atom stereocenters. The molecule has 11 heteroatoms. The molecule has 0 aliphatic carbocycles. The highest BCUT2D eigenvalue weighted by Crippen LogP contribution is 2.20. The minimum Gasteiger partial charge on any atom is -0.374 e. The molecule has 0 unspecified atom stereocenters. The van der Waals surface area contributed by atoms with Crippen molar-refractivity contribution < 1.29 is 27.6 Å². The molecule has 0 radical (unpaired) electrons. The van der Waals surface area contributed by atoms with Crippen molar-refractivity contribution in [3.8, 4) is 0 Å². The van der Waals surface area contributed by atoms with Crippen LogP contribution in [0.1, 0.15) is 40.7 Å². The van der Waals surface area contributed by atoms with Crippen molar-refractivity contribution in [2.24, 2.45) is 5.73 Å². The van der Waals surface area contributed by atoms with Crippen molar-refractivity contribution in [3.05, 3.63) is 58.9 Å². The van der Waals surface area contributed by atoms with E-state index in [9.17, 15) is 22.4 Å². The average Bonchev–Trinajstić information content (AvgIpc) is 2.75. The number of amides is 2. The number of hydrogen-bond donors (Lipinski definition) is 5. The summed E-state index contributed by atoms with van der Waals surface area (Å²) in [5.74, 6) is -1.63. The quantitative estimate of drug-likeness (QED) is 0.194. The van der Waals surface area contributed by atoms with E-state index >= 15 is 0 Å². The van der Waals surface area contributed by atoms with Gasteiger partial charge in [0.05, 0.1) is 4.90 Å². The SMILES string of the molecule is Cc1cc(N[C@H](CCCCNS(=O)(=O)c2ccc(C(N)=O)cc2)C(=O)NO)cc(C)c1F. The van der Waals surface area contributed by atoms with Crippen molar-refractivity contribution in [1.82, 2.24) is 10.2 Å². The second kappa shape index (κ2) is 11.0. The van der Waals surface area contributed by atoms with E-state index < -0.39 is 27.9 Å². The number of primary amides is 1. The molecule has 2 aromatic rings. The summed E-state index contributed by atoms with van der Waals surface area (Å²) in [7, 11) is -3.76. The van der Waals surface area contributed by atoms with Crippen LogP contribution < -0.4 is 21.3 Å². The van der Waals surface area contributed by atoms with Gasteiger partial charge in [-0.3, -0.25) is 14.8 Å². The van der Waals surface area contributed by atoms with Gasteiger partial charge in [0.25, 0.3) is 5.91 Å². The van der Waals surface area contributed by atoms with Gasteiger partial charge in [-0.25, -0.2) is 23.0 Å². The van der Waals surface area contributed by atoms with Crippen LogP contribution in [-0.2, 0) is 14.8 Å². The maximum absolute atomic E-state index is 13.8. The van der Waals surface area contributed by atoms with Gasteiger partial charge < -0.3 is 11.1 Å². The Morgan fingerprint density at radius 2 is 1.69 bits per heavy atom. The first-order valence-corrected chi connectivity index (χ1v) is 11.4. The molecule has 6 N–H and O–H groups in total. The fourth-order valence-corrected chi connectivity index (χ4v) is 4.21. The third-order valence-electron chi connectivity index (χ3n) is 4.86. The van der Waals surface area contributed by atoms with E-state index in [-0.39, 0.29) is 22.8 Å². The van der Waals surface area contributed by atoms with Crippen LogP contribution in [0.2, 0.25) is 0 Å². The highest BCUT2D eigenvalue weighted by Gasteiger charge is 2.19. The van der Waals surface area contributed by atoms with E-state index in [2.05, 4.69) is 10.0 Å². The Bertz CT molecular complexity index is 1050. The lowest BCUT2D eigenvalue weighted by Gasteiger charge is -2.19. The predicted octanol–water partition coefficient (Wildman–Crippen LogP) is 1.98. The summed E-state index contributed by atoms with van der Waals surface area (Å²) in [6, 6.07) is 7.59. The summed E-state index contributed by atoms with van der Waals surface area (Å²) >= 11 is 0. The van der Waals surface area contributed by atoms with Crippen LogP contribution in [-0.4, -0.2) is 38.0 Å². The zero-order valence-electron chi connectivity index (χ0n) is 17.8. The summed E-state index contributed by atoms with van der Waals surface area (Å²) in [5.41, 5.74) is 8.34. The van der Waals surface area contributed by atoms with Gasteiger partial charge >= 0.3 is 0 Å². The van der Waals surface area contributed by atoms with Gasteiger partial charge in [0.2, 0.25) is 15.9 Å². The summed E-state index contributed by atoms with van der Waals surface area (Å²) < 4.78 is 40.9. The number of aryl methyl sites for hydroxylation is 2. The number of hydrogen-bond acceptors (Lipinski definition) is 6. The van der Waals surface area contributed by atoms with E-state index in [0.29, 0.717) is 36.1 Å². The summed E-state index contributed by atoms with van der Waals surface area (Å²) in [6.07, 6.45) is 1.20. The van der Waals surface area contributed by atoms with Gasteiger partial charge in [0.15, 0.2) is 0 Å². The number of nitrogens with two attached hydrogens (primary N) is 1. The highest BCUT2D eigenvalue weighted by atomic mass is 32.2. The Morgan fingerprint density at radius 3 is 2.22 bits per heavy atom. The standard InChI is InChI=1S/C21H27FN4O5S/c1-13-11-16(12-14(2)19(13)22)25-18(21(28)26-29)5-3-4-10-24-32(30,31)17-8-6-15(7-9-17)20(23)27/h6-9,11-12,18,24-25,29H,3-5,10H2,1-2H3,(H2,23,27)(H,26,28)/t18-/m1/s1. The van der Waals surface area contributed by atoms with E-state index in [0.717, 1.165) is 0 Å². The molecular formula is C21H27FN4O5S. The normalized spacial score (nSPS) is 12.2. The van der Waals surface area contributed by atoms with Crippen LogP contribution in [0.5, 0.6) is 0 Å². The molecule has 0 fully saturated rings. The van der Waals surface area contributed by atoms with Crippen molar-refractivity contribution >= 4 is 27.5 Å². The number of halogens is 1. The van der Waals surface area contributed by atoms with Gasteiger partial charge in [-0.05, 0) is 80.6 Å². The zero-order chi connectivity index (χ0) is 23.9. The third-order valence-corrected chi connectivity index (χ3v) is 6.34. The lowest BCUT2D eigenvalue weighted by atomic mass is 10.1. The monoisotopic (exact) mass is 466 g/mol. The molecule has 2 aromatic carbocycles. The molecule has 0 saturated carbocycles. The molecule has 0 aromatic heterocycles. The molecular weight excluding hydrogens is 439 g/mol. The molecule has 0 bridgehead atoms. The first-order chi connectivity index (χ1) is 15.0. The Morgan fingerprint density at radius 1 is 1.09 bits per heavy atom. The molecule has 0 saturated heterocycles. The Kier molecular flexibility index (Phi) is 8.70. The Hall–Kier alpha value is -3.02. The van der Waals surface area contributed by atoms with Gasteiger partial charge in [-0.1, -0.05) is 0 Å². The molecule has 2 amide bonds. The maximum Gasteiger partial charge on any atom is 0.265 e. The average molecular weight is 467 g/mol. The molecule has 0 heterocycles. The van der Waals surface area contributed by atoms with Crippen LogP contribution in [0.3, 0.4) is 0 Å². The molecule has 174 valence electrons. The molecule has 32 heavy (non-hydrogen) atoms. The summed E-state index contributed by atoms with van der Waals surface area (Å²) in [5, 5.41) is 12.0. The number of rotatable bonds is 11. The summed E-state index contributed by atoms with van der Waals surface area (Å²) in [6.45, 7) is 3.35. The second-order valence-corrected chi connectivity index (χ2v) is 9.15. The van der Waals surface area contributed by atoms with E-state index in [1.165, 1.54) is 24.3 Å². The Balaban J connectivity index is 1.90. The van der Waals surface area contributed by atoms with E-state index in [4.69, 9.17) is 10.9 Å². The number of benzene rings is 2. The van der Waals surface area contributed by atoms with Crippen LogP contribution in [0.25, 0.3) is 0 Å². The van der Waals surface area contributed by atoms with Gasteiger partial charge in [-0.2, -0.15) is 0 Å². The first kappa shape index (κ1) is 25.2. The van der Waals surface area contributed by atoms with Gasteiger partial charge in [0, 0.05) is 17.8 Å². The van der Waals surface area contributed by atoms with Crippen molar-refractivity contribution in [2.75, 3.05) is 11.9 Å².